The van der Waals surface area contributed by atoms with Gasteiger partial charge in [-0.15, -0.1) is 0 Å². The Balaban J connectivity index is 1.37. The van der Waals surface area contributed by atoms with E-state index in [0.717, 1.165) is 12.1 Å². The number of benzene rings is 1. The number of carbonyl (C=O) groups is 1. The van der Waals surface area contributed by atoms with E-state index in [1.165, 1.54) is 48.4 Å². The summed E-state index contributed by atoms with van der Waals surface area (Å²) in [5, 5.41) is 13.5. The molecule has 0 spiro atoms. The summed E-state index contributed by atoms with van der Waals surface area (Å²) in [7, 11) is 0. The molecule has 8 heteroatoms. The summed E-state index contributed by atoms with van der Waals surface area (Å²) in [4.78, 5) is 26.2. The molecule has 1 fully saturated rings. The lowest BCUT2D eigenvalue weighted by Gasteiger charge is -2.14. The van der Waals surface area contributed by atoms with Crippen molar-refractivity contribution < 1.29 is 4.79 Å². The SMILES string of the molecule is Cc1c(C(=O)NCc2ccc(CN3CCCC3)cc2)cnn1-c1ccc(=O)[nH]n1. The number of nitrogens with zero attached hydrogens (tertiary/aromatic N) is 4. The largest absolute Gasteiger partial charge is 0.348 e. The van der Waals surface area contributed by atoms with Crippen LogP contribution < -0.4 is 10.9 Å². The summed E-state index contributed by atoms with van der Waals surface area (Å²) in [6, 6.07) is 11.3. The molecule has 0 aliphatic carbocycles. The topological polar surface area (TPSA) is 95.9 Å². The van der Waals surface area contributed by atoms with Crippen molar-refractivity contribution in [2.75, 3.05) is 13.1 Å². The van der Waals surface area contributed by atoms with Crippen LogP contribution >= 0.6 is 0 Å². The average molecular weight is 392 g/mol. The van der Waals surface area contributed by atoms with E-state index in [9.17, 15) is 9.59 Å². The monoisotopic (exact) mass is 392 g/mol. The van der Waals surface area contributed by atoms with Crippen molar-refractivity contribution in [1.29, 1.82) is 0 Å². The van der Waals surface area contributed by atoms with E-state index >= 15 is 0 Å². The summed E-state index contributed by atoms with van der Waals surface area (Å²) in [6.07, 6.45) is 4.09. The quantitative estimate of drug-likeness (QED) is 0.667. The molecule has 3 heterocycles. The van der Waals surface area contributed by atoms with Crippen molar-refractivity contribution in [3.05, 3.63) is 75.3 Å². The van der Waals surface area contributed by atoms with Crippen LogP contribution in [0.15, 0.2) is 47.4 Å². The number of nitrogens with one attached hydrogen (secondary N) is 2. The number of aromatic nitrogens is 4. The van der Waals surface area contributed by atoms with Crippen molar-refractivity contribution in [3.63, 3.8) is 0 Å². The second kappa shape index (κ2) is 8.40. The molecule has 150 valence electrons. The molecule has 8 nitrogen and oxygen atoms in total. The first kappa shape index (κ1) is 19.1. The maximum atomic E-state index is 12.6. The lowest BCUT2D eigenvalue weighted by molar-refractivity contribution is 0.0950. The molecule has 0 atom stereocenters. The lowest BCUT2D eigenvalue weighted by Crippen LogP contribution is -2.23. The highest BCUT2D eigenvalue weighted by molar-refractivity contribution is 5.95. The highest BCUT2D eigenvalue weighted by Crippen LogP contribution is 2.14. The molecule has 0 saturated carbocycles. The second-order valence-corrected chi connectivity index (χ2v) is 7.32. The minimum atomic E-state index is -0.289. The molecule has 29 heavy (non-hydrogen) atoms. The van der Waals surface area contributed by atoms with Crippen LogP contribution in [-0.2, 0) is 13.1 Å². The Morgan fingerprint density at radius 3 is 2.52 bits per heavy atom. The normalized spacial score (nSPS) is 14.2. The van der Waals surface area contributed by atoms with Crippen LogP contribution in [-0.4, -0.2) is 43.9 Å². The van der Waals surface area contributed by atoms with Gasteiger partial charge in [0.05, 0.1) is 17.5 Å². The van der Waals surface area contributed by atoms with E-state index in [1.807, 2.05) is 0 Å². The Morgan fingerprint density at radius 2 is 1.83 bits per heavy atom. The maximum Gasteiger partial charge on any atom is 0.264 e. The Labute approximate surface area is 168 Å². The van der Waals surface area contributed by atoms with E-state index in [1.54, 1.807) is 13.0 Å². The van der Waals surface area contributed by atoms with E-state index in [2.05, 4.69) is 49.8 Å². The van der Waals surface area contributed by atoms with Gasteiger partial charge in [0, 0.05) is 19.2 Å². The molecule has 0 bridgehead atoms. The first-order valence-corrected chi connectivity index (χ1v) is 9.79. The molecular weight excluding hydrogens is 368 g/mol. The molecule has 3 aromatic rings. The van der Waals surface area contributed by atoms with Gasteiger partial charge in [0.1, 0.15) is 0 Å². The van der Waals surface area contributed by atoms with Crippen LogP contribution in [0.3, 0.4) is 0 Å². The van der Waals surface area contributed by atoms with Crippen molar-refractivity contribution in [1.82, 2.24) is 30.2 Å². The fourth-order valence-corrected chi connectivity index (χ4v) is 3.56. The zero-order chi connectivity index (χ0) is 20.2. The number of hydrogen-bond acceptors (Lipinski definition) is 5. The molecular formula is C21H24N6O2. The molecule has 1 aromatic carbocycles. The number of likely N-dealkylation sites (tertiary alicyclic amines) is 1. The van der Waals surface area contributed by atoms with Crippen LogP contribution in [0, 0.1) is 6.92 Å². The predicted octanol–water partition coefficient (Wildman–Crippen LogP) is 1.79. The first-order valence-electron chi connectivity index (χ1n) is 9.79. The van der Waals surface area contributed by atoms with Crippen LogP contribution in [0.1, 0.15) is 40.0 Å². The number of carbonyl (C=O) groups excluding carboxylic acids is 1. The molecule has 1 amide bonds. The van der Waals surface area contributed by atoms with Gasteiger partial charge in [-0.3, -0.25) is 14.5 Å². The molecule has 1 aliphatic rings. The third kappa shape index (κ3) is 4.43. The first-order chi connectivity index (χ1) is 14.1. The van der Waals surface area contributed by atoms with Crippen LogP contribution in [0.4, 0.5) is 0 Å². The van der Waals surface area contributed by atoms with Gasteiger partial charge < -0.3 is 5.32 Å². The van der Waals surface area contributed by atoms with Crippen molar-refractivity contribution in [2.45, 2.75) is 32.9 Å². The highest BCUT2D eigenvalue weighted by Gasteiger charge is 2.16. The van der Waals surface area contributed by atoms with Crippen molar-refractivity contribution in [3.8, 4) is 5.82 Å². The van der Waals surface area contributed by atoms with E-state index < -0.39 is 0 Å². The molecule has 1 saturated heterocycles. The zero-order valence-corrected chi connectivity index (χ0v) is 16.4. The molecule has 4 rings (SSSR count). The third-order valence-electron chi connectivity index (χ3n) is 5.22. The van der Waals surface area contributed by atoms with E-state index in [4.69, 9.17) is 0 Å². The zero-order valence-electron chi connectivity index (χ0n) is 16.4. The Bertz CT molecular complexity index is 1030. The number of amides is 1. The molecule has 0 unspecified atom stereocenters. The second-order valence-electron chi connectivity index (χ2n) is 7.32. The number of aromatic amines is 1. The van der Waals surface area contributed by atoms with E-state index in [-0.39, 0.29) is 11.5 Å². The number of H-pyrrole nitrogens is 1. The summed E-state index contributed by atoms with van der Waals surface area (Å²) >= 11 is 0. The Kier molecular flexibility index (Phi) is 5.53. The van der Waals surface area contributed by atoms with Crippen molar-refractivity contribution >= 4 is 5.91 Å². The molecule has 1 aliphatic heterocycles. The fraction of sp³-hybridized carbons (Fsp3) is 0.333. The summed E-state index contributed by atoms with van der Waals surface area (Å²) in [5.74, 6) is 0.258. The van der Waals surface area contributed by atoms with Crippen LogP contribution in [0.2, 0.25) is 0 Å². The summed E-state index contributed by atoms with van der Waals surface area (Å²) in [6.45, 7) is 5.59. The minimum Gasteiger partial charge on any atom is -0.348 e. The summed E-state index contributed by atoms with van der Waals surface area (Å²) in [5.41, 5.74) is 3.19. The van der Waals surface area contributed by atoms with Gasteiger partial charge >= 0.3 is 0 Å². The standard InChI is InChI=1S/C21H24N6O2/c1-15-18(13-23-27(15)19-8-9-20(28)25-24-19)21(29)22-12-16-4-6-17(7-5-16)14-26-10-2-3-11-26/h4-9,13H,2-3,10-12,14H2,1H3,(H,22,29)(H,25,28). The van der Waals surface area contributed by atoms with Crippen LogP contribution in [0.25, 0.3) is 5.82 Å². The minimum absolute atomic E-state index is 0.195. The van der Waals surface area contributed by atoms with Crippen molar-refractivity contribution in [2.24, 2.45) is 0 Å². The number of rotatable bonds is 6. The Morgan fingerprint density at radius 1 is 1.10 bits per heavy atom. The maximum absolute atomic E-state index is 12.6. The lowest BCUT2D eigenvalue weighted by atomic mass is 10.1. The van der Waals surface area contributed by atoms with E-state index in [0.29, 0.717) is 23.6 Å². The fourth-order valence-electron chi connectivity index (χ4n) is 3.56. The van der Waals surface area contributed by atoms with Gasteiger partial charge in [-0.25, -0.2) is 9.78 Å². The van der Waals surface area contributed by atoms with Gasteiger partial charge in [-0.05, 0) is 50.0 Å². The average Bonchev–Trinajstić information content (AvgIpc) is 3.38. The predicted molar refractivity (Wildman–Crippen MR) is 109 cm³/mol. The molecule has 0 radical (unpaired) electrons. The number of hydrogen-bond donors (Lipinski definition) is 2. The van der Waals surface area contributed by atoms with Crippen LogP contribution in [0.5, 0.6) is 0 Å². The smallest absolute Gasteiger partial charge is 0.264 e. The van der Waals surface area contributed by atoms with Gasteiger partial charge in [-0.1, -0.05) is 24.3 Å². The van der Waals surface area contributed by atoms with Gasteiger partial charge in [-0.2, -0.15) is 10.2 Å². The van der Waals surface area contributed by atoms with Gasteiger partial charge in [0.25, 0.3) is 11.5 Å². The third-order valence-corrected chi connectivity index (χ3v) is 5.22. The van der Waals surface area contributed by atoms with Gasteiger partial charge in [0.2, 0.25) is 0 Å². The Hall–Kier alpha value is -3.26. The van der Waals surface area contributed by atoms with Gasteiger partial charge in [0.15, 0.2) is 5.82 Å². The highest BCUT2D eigenvalue weighted by atomic mass is 16.1. The summed E-state index contributed by atoms with van der Waals surface area (Å²) < 4.78 is 1.53. The molecule has 2 aromatic heterocycles. The molecule has 2 N–H and O–H groups in total.